The first kappa shape index (κ1) is 12.7. The number of halogens is 1. The number of hydrogen-bond acceptors (Lipinski definition) is 2. The summed E-state index contributed by atoms with van der Waals surface area (Å²) < 4.78 is 18.8. The molecule has 0 aliphatic heterocycles. The van der Waals surface area contributed by atoms with Gasteiger partial charge in [-0.25, -0.2) is 4.39 Å². The van der Waals surface area contributed by atoms with Crippen LogP contribution >= 0.6 is 0 Å². The largest absolute Gasteiger partial charge is 0.490 e. The number of ether oxygens (including phenoxy) is 1. The minimum Gasteiger partial charge on any atom is -0.490 e. The predicted octanol–water partition coefficient (Wildman–Crippen LogP) is 2.89. The Morgan fingerprint density at radius 3 is 2.81 bits per heavy atom. The second-order valence-corrected chi connectivity index (χ2v) is 3.85. The highest BCUT2D eigenvalue weighted by atomic mass is 19.1. The topological polar surface area (TPSA) is 21.3 Å². The van der Waals surface area contributed by atoms with Crippen LogP contribution in [0.15, 0.2) is 30.4 Å². The fourth-order valence-electron chi connectivity index (χ4n) is 1.31. The van der Waals surface area contributed by atoms with Gasteiger partial charge in [0, 0.05) is 13.0 Å². The molecule has 0 unspecified atom stereocenters. The summed E-state index contributed by atoms with van der Waals surface area (Å²) in [6, 6.07) is 5.02. The van der Waals surface area contributed by atoms with Crippen LogP contribution < -0.4 is 10.1 Å². The number of nitrogens with one attached hydrogen (secondary N) is 1. The molecule has 1 aromatic carbocycles. The molecule has 0 fully saturated rings. The van der Waals surface area contributed by atoms with Crippen molar-refractivity contribution in [3.05, 3.63) is 41.7 Å². The van der Waals surface area contributed by atoms with Gasteiger partial charge in [0.2, 0.25) is 0 Å². The molecule has 16 heavy (non-hydrogen) atoms. The van der Waals surface area contributed by atoms with Crippen molar-refractivity contribution in [2.24, 2.45) is 0 Å². The Balaban J connectivity index is 2.57. The van der Waals surface area contributed by atoms with Gasteiger partial charge in [0.1, 0.15) is 0 Å². The van der Waals surface area contributed by atoms with Crippen LogP contribution in [0.1, 0.15) is 18.9 Å². The highest BCUT2D eigenvalue weighted by molar-refractivity contribution is 5.29. The molecule has 1 rings (SSSR count). The van der Waals surface area contributed by atoms with E-state index in [0.29, 0.717) is 18.9 Å². The zero-order chi connectivity index (χ0) is 12.0. The van der Waals surface area contributed by atoms with Gasteiger partial charge in [-0.2, -0.15) is 0 Å². The summed E-state index contributed by atoms with van der Waals surface area (Å²) in [4.78, 5) is 0. The monoisotopic (exact) mass is 223 g/mol. The van der Waals surface area contributed by atoms with Crippen molar-refractivity contribution in [3.63, 3.8) is 0 Å². The molecule has 1 N–H and O–H groups in total. The van der Waals surface area contributed by atoms with Crippen LogP contribution in [0.4, 0.5) is 4.39 Å². The Morgan fingerprint density at radius 2 is 2.25 bits per heavy atom. The molecule has 2 nitrogen and oxygen atoms in total. The standard InChI is InChI=1S/C13H18FNO/c1-10(2)6-7-16-13-5-4-11(9-15-3)8-12(13)14/h4-5,8,15H,1,6-7,9H2,2-3H3. The normalized spacial score (nSPS) is 10.2. The summed E-state index contributed by atoms with van der Waals surface area (Å²) >= 11 is 0. The van der Waals surface area contributed by atoms with E-state index in [0.717, 1.165) is 17.6 Å². The maximum absolute atomic E-state index is 13.5. The maximum atomic E-state index is 13.5. The van der Waals surface area contributed by atoms with Crippen molar-refractivity contribution in [1.29, 1.82) is 0 Å². The lowest BCUT2D eigenvalue weighted by atomic mass is 10.2. The van der Waals surface area contributed by atoms with Crippen LogP contribution in [0.5, 0.6) is 5.75 Å². The molecule has 0 radical (unpaired) electrons. The van der Waals surface area contributed by atoms with Crippen molar-refractivity contribution in [1.82, 2.24) is 5.32 Å². The highest BCUT2D eigenvalue weighted by Crippen LogP contribution is 2.18. The Hall–Kier alpha value is -1.35. The van der Waals surface area contributed by atoms with Gasteiger partial charge in [0.15, 0.2) is 11.6 Å². The molecule has 0 aliphatic rings. The van der Waals surface area contributed by atoms with Crippen LogP contribution in [0, 0.1) is 5.82 Å². The molecule has 3 heteroatoms. The van der Waals surface area contributed by atoms with E-state index in [1.807, 2.05) is 20.0 Å². The minimum atomic E-state index is -0.311. The highest BCUT2D eigenvalue weighted by Gasteiger charge is 2.04. The third-order valence-electron chi connectivity index (χ3n) is 2.16. The first-order valence-electron chi connectivity index (χ1n) is 5.33. The van der Waals surface area contributed by atoms with E-state index in [-0.39, 0.29) is 5.82 Å². The summed E-state index contributed by atoms with van der Waals surface area (Å²) in [6.45, 7) is 6.82. The molecular weight excluding hydrogens is 205 g/mol. The van der Waals surface area contributed by atoms with E-state index in [1.165, 1.54) is 6.07 Å². The van der Waals surface area contributed by atoms with Crippen molar-refractivity contribution in [2.75, 3.05) is 13.7 Å². The Labute approximate surface area is 96.1 Å². The van der Waals surface area contributed by atoms with Crippen molar-refractivity contribution < 1.29 is 9.13 Å². The maximum Gasteiger partial charge on any atom is 0.165 e. The lowest BCUT2D eigenvalue weighted by Crippen LogP contribution is -2.06. The average molecular weight is 223 g/mol. The molecule has 0 bridgehead atoms. The average Bonchev–Trinajstić information content (AvgIpc) is 2.21. The molecule has 0 saturated heterocycles. The van der Waals surface area contributed by atoms with Crippen molar-refractivity contribution in [3.8, 4) is 5.75 Å². The summed E-state index contributed by atoms with van der Waals surface area (Å²) in [6.07, 6.45) is 0.748. The molecule has 0 aromatic heterocycles. The second-order valence-electron chi connectivity index (χ2n) is 3.85. The number of hydrogen-bond donors (Lipinski definition) is 1. The molecule has 0 spiro atoms. The molecule has 1 aromatic rings. The summed E-state index contributed by atoms with van der Waals surface area (Å²) in [7, 11) is 1.83. The van der Waals surface area contributed by atoms with Gasteiger partial charge in [-0.1, -0.05) is 11.6 Å². The fourth-order valence-corrected chi connectivity index (χ4v) is 1.31. The Bertz CT molecular complexity index is 363. The molecule has 0 amide bonds. The molecule has 0 saturated carbocycles. The van der Waals surface area contributed by atoms with Gasteiger partial charge in [0.25, 0.3) is 0 Å². The number of rotatable bonds is 6. The van der Waals surface area contributed by atoms with Gasteiger partial charge >= 0.3 is 0 Å². The first-order chi connectivity index (χ1) is 7.63. The van der Waals surface area contributed by atoms with Gasteiger partial charge in [-0.15, -0.1) is 6.58 Å². The molecule has 88 valence electrons. The summed E-state index contributed by atoms with van der Waals surface area (Å²) in [5.41, 5.74) is 1.94. The number of benzene rings is 1. The van der Waals surface area contributed by atoms with Crippen LogP contribution in [0.25, 0.3) is 0 Å². The lowest BCUT2D eigenvalue weighted by molar-refractivity contribution is 0.305. The van der Waals surface area contributed by atoms with Gasteiger partial charge in [-0.3, -0.25) is 0 Å². The fraction of sp³-hybridized carbons (Fsp3) is 0.385. The molecule has 0 heterocycles. The van der Waals surface area contributed by atoms with E-state index in [9.17, 15) is 4.39 Å². The third-order valence-corrected chi connectivity index (χ3v) is 2.16. The van der Waals surface area contributed by atoms with Crippen LogP contribution in [0.3, 0.4) is 0 Å². The summed E-state index contributed by atoms with van der Waals surface area (Å²) in [5, 5.41) is 2.97. The quantitative estimate of drug-likeness (QED) is 0.749. The summed E-state index contributed by atoms with van der Waals surface area (Å²) in [5.74, 6) is -0.00410. The Morgan fingerprint density at radius 1 is 1.50 bits per heavy atom. The lowest BCUT2D eigenvalue weighted by Gasteiger charge is -2.08. The van der Waals surface area contributed by atoms with Crippen LogP contribution in [-0.2, 0) is 6.54 Å². The van der Waals surface area contributed by atoms with E-state index in [4.69, 9.17) is 4.74 Å². The SMILES string of the molecule is C=C(C)CCOc1ccc(CNC)cc1F. The van der Waals surface area contributed by atoms with Crippen molar-refractivity contribution in [2.45, 2.75) is 19.9 Å². The zero-order valence-electron chi connectivity index (χ0n) is 9.85. The molecule has 0 aliphatic carbocycles. The van der Waals surface area contributed by atoms with Gasteiger partial charge in [-0.05, 0) is 31.7 Å². The van der Waals surface area contributed by atoms with Gasteiger partial charge in [0.05, 0.1) is 6.61 Å². The third kappa shape index (κ3) is 4.03. The Kier molecular flexibility index (Phi) is 4.99. The predicted molar refractivity (Wildman–Crippen MR) is 64.1 cm³/mol. The van der Waals surface area contributed by atoms with E-state index in [1.54, 1.807) is 6.07 Å². The van der Waals surface area contributed by atoms with E-state index in [2.05, 4.69) is 11.9 Å². The first-order valence-corrected chi connectivity index (χ1v) is 5.33. The van der Waals surface area contributed by atoms with Crippen LogP contribution in [-0.4, -0.2) is 13.7 Å². The van der Waals surface area contributed by atoms with Crippen LogP contribution in [0.2, 0.25) is 0 Å². The van der Waals surface area contributed by atoms with Gasteiger partial charge < -0.3 is 10.1 Å². The molecule has 0 atom stereocenters. The van der Waals surface area contributed by atoms with Crippen molar-refractivity contribution >= 4 is 0 Å². The van der Waals surface area contributed by atoms with E-state index < -0.39 is 0 Å². The minimum absolute atomic E-state index is 0.307. The second kappa shape index (κ2) is 6.28. The van der Waals surface area contributed by atoms with E-state index >= 15 is 0 Å². The molecular formula is C13H18FNO. The zero-order valence-corrected chi connectivity index (χ0v) is 9.85. The smallest absolute Gasteiger partial charge is 0.165 e.